The quantitative estimate of drug-likeness (QED) is 0.827. The van der Waals surface area contributed by atoms with E-state index in [1.54, 1.807) is 35.4 Å². The zero-order chi connectivity index (χ0) is 14.9. The van der Waals surface area contributed by atoms with Crippen LogP contribution in [0.15, 0.2) is 0 Å². The molecule has 2 saturated heterocycles. The molecule has 0 aromatic carbocycles. The Morgan fingerprint density at radius 2 is 2.10 bits per heavy atom. The van der Waals surface area contributed by atoms with E-state index in [1.807, 2.05) is 0 Å². The molecule has 0 spiro atoms. The Balaban J connectivity index is 2.05. The molecule has 2 heterocycles. The number of aliphatic carboxylic acids is 1. The van der Waals surface area contributed by atoms with Crippen LogP contribution in [0.3, 0.4) is 0 Å². The molecule has 0 radical (unpaired) electrons. The average molecular weight is 300 g/mol. The van der Waals surface area contributed by atoms with Gasteiger partial charge in [0.15, 0.2) is 0 Å². The second kappa shape index (κ2) is 5.63. The van der Waals surface area contributed by atoms with E-state index >= 15 is 0 Å². The minimum Gasteiger partial charge on any atom is -0.481 e. The molecular weight excluding hydrogens is 280 g/mol. The zero-order valence-corrected chi connectivity index (χ0v) is 12.6. The SMILES string of the molecule is CCC(=O)N1CSCC1C(=O)N1CCC(C)(C(=O)O)C1. The van der Waals surface area contributed by atoms with Crippen molar-refractivity contribution >= 4 is 29.5 Å². The normalized spacial score (nSPS) is 29.8. The van der Waals surface area contributed by atoms with Crippen molar-refractivity contribution in [2.75, 3.05) is 24.7 Å². The van der Waals surface area contributed by atoms with Crippen molar-refractivity contribution in [2.24, 2.45) is 5.41 Å². The van der Waals surface area contributed by atoms with Crippen molar-refractivity contribution in [3.63, 3.8) is 0 Å². The third-order valence-electron chi connectivity index (χ3n) is 4.09. The number of hydrogen-bond donors (Lipinski definition) is 1. The highest BCUT2D eigenvalue weighted by atomic mass is 32.2. The molecule has 0 aromatic heterocycles. The fourth-order valence-electron chi connectivity index (χ4n) is 2.63. The Morgan fingerprint density at radius 3 is 2.65 bits per heavy atom. The second-order valence-electron chi connectivity index (χ2n) is 5.61. The van der Waals surface area contributed by atoms with E-state index in [1.165, 1.54) is 0 Å². The van der Waals surface area contributed by atoms with Gasteiger partial charge in [-0.2, -0.15) is 0 Å². The molecule has 2 fully saturated rings. The lowest BCUT2D eigenvalue weighted by atomic mass is 9.90. The zero-order valence-electron chi connectivity index (χ0n) is 11.8. The van der Waals surface area contributed by atoms with Gasteiger partial charge in [0, 0.05) is 25.3 Å². The highest BCUT2D eigenvalue weighted by molar-refractivity contribution is 7.99. The molecule has 0 bridgehead atoms. The summed E-state index contributed by atoms with van der Waals surface area (Å²) < 4.78 is 0. The first-order valence-corrected chi connectivity index (χ1v) is 7.94. The summed E-state index contributed by atoms with van der Waals surface area (Å²) in [5.41, 5.74) is -0.860. The summed E-state index contributed by atoms with van der Waals surface area (Å²) in [4.78, 5) is 38.8. The lowest BCUT2D eigenvalue weighted by Crippen LogP contribution is -2.48. The van der Waals surface area contributed by atoms with E-state index in [-0.39, 0.29) is 18.4 Å². The van der Waals surface area contributed by atoms with Gasteiger partial charge >= 0.3 is 5.97 Å². The van der Waals surface area contributed by atoms with Gasteiger partial charge in [-0.3, -0.25) is 14.4 Å². The molecule has 0 aromatic rings. The fraction of sp³-hybridized carbons (Fsp3) is 0.769. The maximum atomic E-state index is 12.5. The van der Waals surface area contributed by atoms with Crippen molar-refractivity contribution < 1.29 is 19.5 Å². The summed E-state index contributed by atoms with van der Waals surface area (Å²) in [5, 5.41) is 9.21. The Kier molecular flexibility index (Phi) is 4.27. The number of rotatable bonds is 3. The molecule has 2 aliphatic rings. The van der Waals surface area contributed by atoms with Gasteiger partial charge in [-0.25, -0.2) is 0 Å². The van der Waals surface area contributed by atoms with Crippen molar-refractivity contribution in [3.8, 4) is 0 Å². The average Bonchev–Trinajstić information content (AvgIpc) is 3.04. The van der Waals surface area contributed by atoms with Gasteiger partial charge in [0.05, 0.1) is 11.3 Å². The number of hydrogen-bond acceptors (Lipinski definition) is 4. The van der Waals surface area contributed by atoms with Crippen molar-refractivity contribution in [1.82, 2.24) is 9.80 Å². The first-order chi connectivity index (χ1) is 9.39. The molecular formula is C13H20N2O4S. The Hall–Kier alpha value is -1.24. The second-order valence-corrected chi connectivity index (χ2v) is 6.61. The summed E-state index contributed by atoms with van der Waals surface area (Å²) in [5.74, 6) is 0.156. The van der Waals surface area contributed by atoms with E-state index in [0.717, 1.165) is 0 Å². The van der Waals surface area contributed by atoms with Crippen LogP contribution >= 0.6 is 11.8 Å². The first kappa shape index (κ1) is 15.2. The molecule has 6 nitrogen and oxygen atoms in total. The first-order valence-electron chi connectivity index (χ1n) is 6.78. The molecule has 112 valence electrons. The lowest BCUT2D eigenvalue weighted by Gasteiger charge is -2.27. The molecule has 2 unspecified atom stereocenters. The van der Waals surface area contributed by atoms with Gasteiger partial charge in [0.25, 0.3) is 0 Å². The summed E-state index contributed by atoms with van der Waals surface area (Å²) in [6.45, 7) is 4.14. The van der Waals surface area contributed by atoms with Gasteiger partial charge in [0.1, 0.15) is 6.04 Å². The Labute approximate surface area is 122 Å². The Bertz CT molecular complexity index is 442. The fourth-order valence-corrected chi connectivity index (χ4v) is 3.80. The maximum absolute atomic E-state index is 12.5. The van der Waals surface area contributed by atoms with Crippen molar-refractivity contribution in [3.05, 3.63) is 0 Å². The monoisotopic (exact) mass is 300 g/mol. The topological polar surface area (TPSA) is 77.9 Å². The number of nitrogens with zero attached hydrogens (tertiary/aromatic N) is 2. The number of amides is 2. The molecule has 1 N–H and O–H groups in total. The maximum Gasteiger partial charge on any atom is 0.311 e. The minimum atomic E-state index is -0.866. The molecule has 2 atom stereocenters. The number of carbonyl (C=O) groups is 3. The predicted molar refractivity (Wildman–Crippen MR) is 75.2 cm³/mol. The van der Waals surface area contributed by atoms with E-state index in [9.17, 15) is 19.5 Å². The van der Waals surface area contributed by atoms with Gasteiger partial charge in [0.2, 0.25) is 11.8 Å². The molecule has 2 aliphatic heterocycles. The van der Waals surface area contributed by atoms with Crippen LogP contribution in [0.25, 0.3) is 0 Å². The van der Waals surface area contributed by atoms with Gasteiger partial charge in [-0.1, -0.05) is 6.92 Å². The van der Waals surface area contributed by atoms with Crippen LogP contribution in [0.1, 0.15) is 26.7 Å². The smallest absolute Gasteiger partial charge is 0.311 e. The molecule has 2 rings (SSSR count). The molecule has 0 aliphatic carbocycles. The highest BCUT2D eigenvalue weighted by Crippen LogP contribution is 2.32. The van der Waals surface area contributed by atoms with Crippen LogP contribution in [-0.2, 0) is 14.4 Å². The van der Waals surface area contributed by atoms with Crippen LogP contribution in [0.5, 0.6) is 0 Å². The standard InChI is InChI=1S/C13H20N2O4S/c1-3-10(16)15-8-20-6-9(15)11(17)14-5-4-13(2,7-14)12(18)19/h9H,3-8H2,1-2H3,(H,18,19). The number of carboxylic acids is 1. The molecule has 0 saturated carbocycles. The number of likely N-dealkylation sites (tertiary alicyclic amines) is 1. The van der Waals surface area contributed by atoms with Crippen LogP contribution < -0.4 is 0 Å². The molecule has 2 amide bonds. The summed E-state index contributed by atoms with van der Waals surface area (Å²) in [7, 11) is 0. The van der Waals surface area contributed by atoms with Crippen molar-refractivity contribution in [2.45, 2.75) is 32.7 Å². The number of thioether (sulfide) groups is 1. The van der Waals surface area contributed by atoms with E-state index < -0.39 is 17.4 Å². The van der Waals surface area contributed by atoms with Crippen LogP contribution in [-0.4, -0.2) is 63.5 Å². The summed E-state index contributed by atoms with van der Waals surface area (Å²) in [6.07, 6.45) is 0.854. The largest absolute Gasteiger partial charge is 0.481 e. The predicted octanol–water partition coefficient (Wildman–Crippen LogP) is 0.621. The van der Waals surface area contributed by atoms with Crippen molar-refractivity contribution in [1.29, 1.82) is 0 Å². The van der Waals surface area contributed by atoms with Gasteiger partial charge in [-0.15, -0.1) is 11.8 Å². The molecule has 7 heteroatoms. The lowest BCUT2D eigenvalue weighted by molar-refractivity contribution is -0.148. The van der Waals surface area contributed by atoms with Gasteiger partial charge in [-0.05, 0) is 13.3 Å². The summed E-state index contributed by atoms with van der Waals surface area (Å²) in [6, 6.07) is -0.427. The minimum absolute atomic E-state index is 0.0199. The summed E-state index contributed by atoms with van der Waals surface area (Å²) >= 11 is 1.57. The van der Waals surface area contributed by atoms with E-state index in [0.29, 0.717) is 31.0 Å². The third-order valence-corrected chi connectivity index (χ3v) is 5.10. The third kappa shape index (κ3) is 2.63. The van der Waals surface area contributed by atoms with Crippen LogP contribution in [0, 0.1) is 5.41 Å². The van der Waals surface area contributed by atoms with Crippen LogP contribution in [0.2, 0.25) is 0 Å². The van der Waals surface area contributed by atoms with E-state index in [2.05, 4.69) is 0 Å². The molecule has 20 heavy (non-hydrogen) atoms. The van der Waals surface area contributed by atoms with E-state index in [4.69, 9.17) is 0 Å². The van der Waals surface area contributed by atoms with Crippen LogP contribution in [0.4, 0.5) is 0 Å². The van der Waals surface area contributed by atoms with Gasteiger partial charge < -0.3 is 14.9 Å². The number of carbonyl (C=O) groups excluding carboxylic acids is 2. The highest BCUT2D eigenvalue weighted by Gasteiger charge is 2.45. The Morgan fingerprint density at radius 1 is 1.40 bits per heavy atom. The number of carboxylic acid groups (broad SMARTS) is 1.